The van der Waals surface area contributed by atoms with Crippen molar-refractivity contribution in [2.45, 2.75) is 0 Å². The summed E-state index contributed by atoms with van der Waals surface area (Å²) < 4.78 is 25.7. The van der Waals surface area contributed by atoms with E-state index in [0.29, 0.717) is 0 Å². The number of hydrogen-bond donors (Lipinski definition) is 2. The molecular formula is C12H7F2N3O3. The minimum Gasteiger partial charge on any atom is -0.476 e. The minimum absolute atomic E-state index is 0.0316. The fraction of sp³-hybridized carbons (Fsp3) is 0. The highest BCUT2D eigenvalue weighted by Gasteiger charge is 2.19. The molecule has 20 heavy (non-hydrogen) atoms. The summed E-state index contributed by atoms with van der Waals surface area (Å²) in [5, 5.41) is 11.1. The van der Waals surface area contributed by atoms with Gasteiger partial charge < -0.3 is 10.4 Å². The lowest BCUT2D eigenvalue weighted by molar-refractivity contribution is 0.0685. The van der Waals surface area contributed by atoms with Crippen molar-refractivity contribution in [1.82, 2.24) is 9.97 Å². The van der Waals surface area contributed by atoms with Gasteiger partial charge in [0.1, 0.15) is 0 Å². The molecule has 0 fully saturated rings. The van der Waals surface area contributed by atoms with Gasteiger partial charge in [-0.15, -0.1) is 0 Å². The van der Waals surface area contributed by atoms with Gasteiger partial charge in [0.05, 0.1) is 0 Å². The molecule has 0 bridgehead atoms. The summed E-state index contributed by atoms with van der Waals surface area (Å²) in [6.07, 6.45) is 2.27. The molecular weight excluding hydrogens is 272 g/mol. The molecule has 0 aliphatic carbocycles. The van der Waals surface area contributed by atoms with E-state index in [1.165, 1.54) is 0 Å². The van der Waals surface area contributed by atoms with Gasteiger partial charge in [-0.05, 0) is 12.1 Å². The summed E-state index contributed by atoms with van der Waals surface area (Å²) in [5.41, 5.74) is -0.992. The molecule has 0 unspecified atom stereocenters. The van der Waals surface area contributed by atoms with Gasteiger partial charge in [-0.2, -0.15) is 0 Å². The molecule has 2 N–H and O–H groups in total. The number of amides is 1. The van der Waals surface area contributed by atoms with Crippen molar-refractivity contribution in [2.24, 2.45) is 0 Å². The highest BCUT2D eigenvalue weighted by molar-refractivity contribution is 6.08. The van der Waals surface area contributed by atoms with E-state index in [4.69, 9.17) is 5.11 Å². The van der Waals surface area contributed by atoms with Crippen molar-refractivity contribution in [3.63, 3.8) is 0 Å². The number of anilines is 1. The summed E-state index contributed by atoms with van der Waals surface area (Å²) >= 11 is 0. The second-order valence-electron chi connectivity index (χ2n) is 3.64. The third kappa shape index (κ3) is 2.74. The number of carbonyl (C=O) groups is 2. The number of carboxylic acids is 1. The molecule has 2 aromatic rings. The monoisotopic (exact) mass is 279 g/mol. The summed E-state index contributed by atoms with van der Waals surface area (Å²) in [7, 11) is 0. The lowest BCUT2D eigenvalue weighted by atomic mass is 10.2. The first kappa shape index (κ1) is 13.5. The van der Waals surface area contributed by atoms with Crippen LogP contribution in [-0.2, 0) is 0 Å². The van der Waals surface area contributed by atoms with Crippen LogP contribution < -0.4 is 5.32 Å². The lowest BCUT2D eigenvalue weighted by Crippen LogP contribution is -2.19. The first-order valence-corrected chi connectivity index (χ1v) is 5.29. The predicted molar refractivity (Wildman–Crippen MR) is 63.3 cm³/mol. The fourth-order valence-corrected chi connectivity index (χ4v) is 1.42. The van der Waals surface area contributed by atoms with E-state index in [2.05, 4.69) is 15.3 Å². The van der Waals surface area contributed by atoms with E-state index in [0.717, 1.165) is 30.6 Å². The molecule has 0 spiro atoms. The molecule has 0 saturated carbocycles. The van der Waals surface area contributed by atoms with E-state index in [9.17, 15) is 18.4 Å². The Kier molecular flexibility index (Phi) is 3.65. The summed E-state index contributed by atoms with van der Waals surface area (Å²) in [6.45, 7) is 0. The third-order valence-electron chi connectivity index (χ3n) is 2.29. The van der Waals surface area contributed by atoms with Crippen LogP contribution in [0.1, 0.15) is 21.0 Å². The Balaban J connectivity index is 2.28. The highest BCUT2D eigenvalue weighted by Crippen LogP contribution is 2.14. The molecule has 1 heterocycles. The third-order valence-corrected chi connectivity index (χ3v) is 2.29. The molecule has 0 aliphatic heterocycles. The van der Waals surface area contributed by atoms with Gasteiger partial charge >= 0.3 is 5.97 Å². The standard InChI is InChI=1S/C12H7F2N3O3/c13-7-2-1-6(5-8(7)14)17-11(18)9-10(12(19)20)16-4-3-15-9/h1-5H,(H,17,18)(H,19,20). The summed E-state index contributed by atoms with van der Waals surface area (Å²) in [5.74, 6) is -4.51. The molecule has 0 saturated heterocycles. The zero-order valence-electron chi connectivity index (χ0n) is 9.80. The molecule has 0 atom stereocenters. The van der Waals surface area contributed by atoms with Crippen molar-refractivity contribution >= 4 is 17.6 Å². The van der Waals surface area contributed by atoms with Gasteiger partial charge in [0.25, 0.3) is 5.91 Å². The van der Waals surface area contributed by atoms with E-state index in [1.807, 2.05) is 0 Å². The highest BCUT2D eigenvalue weighted by atomic mass is 19.2. The molecule has 2 rings (SSSR count). The Morgan fingerprint density at radius 1 is 1.05 bits per heavy atom. The normalized spacial score (nSPS) is 10.1. The smallest absolute Gasteiger partial charge is 0.356 e. The molecule has 8 heteroatoms. The van der Waals surface area contributed by atoms with Crippen LogP contribution >= 0.6 is 0 Å². The van der Waals surface area contributed by atoms with Crippen LogP contribution in [0.3, 0.4) is 0 Å². The second kappa shape index (κ2) is 5.39. The quantitative estimate of drug-likeness (QED) is 0.892. The minimum atomic E-state index is -1.42. The SMILES string of the molecule is O=C(O)c1nccnc1C(=O)Nc1ccc(F)c(F)c1. The summed E-state index contributed by atoms with van der Waals surface area (Å²) in [6, 6.07) is 2.73. The zero-order valence-corrected chi connectivity index (χ0v) is 9.80. The maximum absolute atomic E-state index is 13.0. The van der Waals surface area contributed by atoms with Crippen LogP contribution in [0, 0.1) is 11.6 Å². The van der Waals surface area contributed by atoms with E-state index < -0.39 is 34.9 Å². The van der Waals surface area contributed by atoms with Gasteiger partial charge in [-0.1, -0.05) is 0 Å². The number of nitrogens with zero attached hydrogens (tertiary/aromatic N) is 2. The molecule has 0 radical (unpaired) electrons. The van der Waals surface area contributed by atoms with Crippen LogP contribution in [0.5, 0.6) is 0 Å². The predicted octanol–water partition coefficient (Wildman–Crippen LogP) is 1.71. The maximum Gasteiger partial charge on any atom is 0.356 e. The fourth-order valence-electron chi connectivity index (χ4n) is 1.42. The molecule has 1 aromatic heterocycles. The Morgan fingerprint density at radius 2 is 1.70 bits per heavy atom. The lowest BCUT2D eigenvalue weighted by Gasteiger charge is -2.06. The average Bonchev–Trinajstić information content (AvgIpc) is 2.43. The number of carboxylic acid groups (broad SMARTS) is 1. The van der Waals surface area contributed by atoms with E-state index >= 15 is 0 Å². The van der Waals surface area contributed by atoms with Crippen LogP contribution in [0.4, 0.5) is 14.5 Å². The number of hydrogen-bond acceptors (Lipinski definition) is 4. The number of carbonyl (C=O) groups excluding carboxylic acids is 1. The van der Waals surface area contributed by atoms with Crippen molar-refractivity contribution in [2.75, 3.05) is 5.32 Å². The molecule has 6 nitrogen and oxygen atoms in total. The van der Waals surface area contributed by atoms with Crippen LogP contribution in [0.15, 0.2) is 30.6 Å². The first-order valence-electron chi connectivity index (χ1n) is 5.29. The van der Waals surface area contributed by atoms with E-state index in [1.54, 1.807) is 0 Å². The number of aromatic nitrogens is 2. The molecule has 102 valence electrons. The maximum atomic E-state index is 13.0. The Bertz CT molecular complexity index is 691. The number of halogens is 2. The number of rotatable bonds is 3. The van der Waals surface area contributed by atoms with Crippen LogP contribution in [0.25, 0.3) is 0 Å². The number of nitrogens with one attached hydrogen (secondary N) is 1. The number of aromatic carboxylic acids is 1. The zero-order chi connectivity index (χ0) is 14.7. The van der Waals surface area contributed by atoms with Crippen molar-refractivity contribution in [1.29, 1.82) is 0 Å². The van der Waals surface area contributed by atoms with Gasteiger partial charge in [0.2, 0.25) is 0 Å². The molecule has 1 aromatic carbocycles. The number of benzene rings is 1. The Hall–Kier alpha value is -2.90. The van der Waals surface area contributed by atoms with Crippen molar-refractivity contribution in [3.05, 3.63) is 53.6 Å². The van der Waals surface area contributed by atoms with Gasteiger partial charge in [0, 0.05) is 24.1 Å². The largest absolute Gasteiger partial charge is 0.476 e. The van der Waals surface area contributed by atoms with Crippen molar-refractivity contribution in [3.8, 4) is 0 Å². The summed E-state index contributed by atoms with van der Waals surface area (Å²) in [4.78, 5) is 29.9. The van der Waals surface area contributed by atoms with Gasteiger partial charge in [-0.25, -0.2) is 23.5 Å². The van der Waals surface area contributed by atoms with Crippen molar-refractivity contribution < 1.29 is 23.5 Å². The molecule has 0 aliphatic rings. The average molecular weight is 279 g/mol. The Morgan fingerprint density at radius 3 is 2.30 bits per heavy atom. The first-order chi connectivity index (χ1) is 9.49. The molecule has 1 amide bonds. The van der Waals surface area contributed by atoms with Crippen LogP contribution in [0.2, 0.25) is 0 Å². The Labute approximate surface area is 111 Å². The van der Waals surface area contributed by atoms with Crippen LogP contribution in [-0.4, -0.2) is 27.0 Å². The topological polar surface area (TPSA) is 92.2 Å². The van der Waals surface area contributed by atoms with Gasteiger partial charge in [-0.3, -0.25) is 4.79 Å². The van der Waals surface area contributed by atoms with E-state index in [-0.39, 0.29) is 5.69 Å². The second-order valence-corrected chi connectivity index (χ2v) is 3.64. The van der Waals surface area contributed by atoms with Gasteiger partial charge in [0.15, 0.2) is 23.0 Å².